The Morgan fingerprint density at radius 1 is 1.11 bits per heavy atom. The van der Waals surface area contributed by atoms with E-state index in [1.807, 2.05) is 48.7 Å². The summed E-state index contributed by atoms with van der Waals surface area (Å²) in [6, 6.07) is 13.9. The first kappa shape index (κ1) is 11.1. The van der Waals surface area contributed by atoms with Gasteiger partial charge in [-0.1, -0.05) is 35.9 Å². The van der Waals surface area contributed by atoms with E-state index in [9.17, 15) is 0 Å². The second-order valence-corrected chi connectivity index (χ2v) is 4.49. The zero-order valence-electron chi connectivity index (χ0n) is 9.65. The molecular formula is C14H12ClN3. The van der Waals surface area contributed by atoms with Crippen molar-refractivity contribution in [1.29, 1.82) is 0 Å². The lowest BCUT2D eigenvalue weighted by atomic mass is 10.2. The Labute approximate surface area is 110 Å². The van der Waals surface area contributed by atoms with Gasteiger partial charge in [0, 0.05) is 22.6 Å². The maximum Gasteiger partial charge on any atom is 0.0671 e. The first-order valence-electron chi connectivity index (χ1n) is 5.74. The van der Waals surface area contributed by atoms with Crippen molar-refractivity contribution in [2.24, 2.45) is 0 Å². The van der Waals surface area contributed by atoms with E-state index in [0.29, 0.717) is 6.54 Å². The van der Waals surface area contributed by atoms with Crippen LogP contribution in [0.25, 0.3) is 10.9 Å². The molecular weight excluding hydrogens is 246 g/mol. The molecule has 0 bridgehead atoms. The SMILES string of the molecule is Clc1ccccc1CNc1cccc2[nH]ncc12. The highest BCUT2D eigenvalue weighted by atomic mass is 35.5. The highest BCUT2D eigenvalue weighted by molar-refractivity contribution is 6.31. The van der Waals surface area contributed by atoms with Gasteiger partial charge in [0.15, 0.2) is 0 Å². The standard InChI is InChI=1S/C14H12ClN3/c15-12-5-2-1-4-10(12)8-16-13-6-3-7-14-11(13)9-17-18-14/h1-7,9,16H,8H2,(H,17,18). The fraction of sp³-hybridized carbons (Fsp3) is 0.0714. The number of rotatable bonds is 3. The summed E-state index contributed by atoms with van der Waals surface area (Å²) < 4.78 is 0. The molecule has 1 heterocycles. The second kappa shape index (κ2) is 4.70. The van der Waals surface area contributed by atoms with Gasteiger partial charge in [-0.3, -0.25) is 5.10 Å². The molecule has 0 saturated carbocycles. The van der Waals surface area contributed by atoms with E-state index in [0.717, 1.165) is 27.2 Å². The number of fused-ring (bicyclic) bond motifs is 1. The smallest absolute Gasteiger partial charge is 0.0671 e. The summed E-state index contributed by atoms with van der Waals surface area (Å²) in [5, 5.41) is 12.3. The van der Waals surface area contributed by atoms with E-state index in [4.69, 9.17) is 11.6 Å². The number of aromatic amines is 1. The van der Waals surface area contributed by atoms with E-state index in [2.05, 4.69) is 15.5 Å². The normalized spacial score (nSPS) is 10.7. The molecule has 0 amide bonds. The van der Waals surface area contributed by atoms with Crippen molar-refractivity contribution in [2.45, 2.75) is 6.54 Å². The molecule has 0 radical (unpaired) electrons. The summed E-state index contributed by atoms with van der Waals surface area (Å²) in [6.45, 7) is 0.698. The third-order valence-electron chi connectivity index (χ3n) is 2.91. The van der Waals surface area contributed by atoms with Crippen molar-refractivity contribution in [3.8, 4) is 0 Å². The maximum atomic E-state index is 6.13. The van der Waals surface area contributed by atoms with Crippen LogP contribution in [0.5, 0.6) is 0 Å². The molecule has 0 aliphatic carbocycles. The lowest BCUT2D eigenvalue weighted by Crippen LogP contribution is -2.00. The van der Waals surface area contributed by atoms with Crippen molar-refractivity contribution in [1.82, 2.24) is 10.2 Å². The fourth-order valence-electron chi connectivity index (χ4n) is 1.95. The van der Waals surface area contributed by atoms with Gasteiger partial charge in [-0.2, -0.15) is 5.10 Å². The largest absolute Gasteiger partial charge is 0.380 e. The summed E-state index contributed by atoms with van der Waals surface area (Å²) in [5.41, 5.74) is 3.17. The fourth-order valence-corrected chi connectivity index (χ4v) is 2.16. The molecule has 0 atom stereocenters. The van der Waals surface area contributed by atoms with Crippen LogP contribution in [0, 0.1) is 0 Å². The molecule has 0 aliphatic heterocycles. The van der Waals surface area contributed by atoms with E-state index < -0.39 is 0 Å². The van der Waals surface area contributed by atoms with Gasteiger partial charge in [0.05, 0.1) is 11.7 Å². The van der Waals surface area contributed by atoms with E-state index in [1.165, 1.54) is 0 Å². The number of hydrogen-bond acceptors (Lipinski definition) is 2. The maximum absolute atomic E-state index is 6.13. The highest BCUT2D eigenvalue weighted by Gasteiger charge is 2.03. The predicted octanol–water partition coefficient (Wildman–Crippen LogP) is 3.83. The minimum absolute atomic E-state index is 0.698. The Hall–Kier alpha value is -2.00. The number of nitrogens with one attached hydrogen (secondary N) is 2. The third kappa shape index (κ3) is 2.05. The van der Waals surface area contributed by atoms with Crippen LogP contribution in [0.4, 0.5) is 5.69 Å². The highest BCUT2D eigenvalue weighted by Crippen LogP contribution is 2.23. The van der Waals surface area contributed by atoms with Crippen molar-refractivity contribution in [2.75, 3.05) is 5.32 Å². The Bertz CT molecular complexity index is 675. The number of nitrogens with zero attached hydrogens (tertiary/aromatic N) is 1. The van der Waals surface area contributed by atoms with Crippen molar-refractivity contribution < 1.29 is 0 Å². The first-order valence-corrected chi connectivity index (χ1v) is 6.12. The quantitative estimate of drug-likeness (QED) is 0.749. The van der Waals surface area contributed by atoms with Gasteiger partial charge in [-0.15, -0.1) is 0 Å². The molecule has 2 aromatic carbocycles. The zero-order chi connectivity index (χ0) is 12.4. The Balaban J connectivity index is 1.85. The van der Waals surface area contributed by atoms with Gasteiger partial charge in [-0.25, -0.2) is 0 Å². The van der Waals surface area contributed by atoms with Crippen LogP contribution in [0.1, 0.15) is 5.56 Å². The average Bonchev–Trinajstić information content (AvgIpc) is 2.86. The molecule has 90 valence electrons. The van der Waals surface area contributed by atoms with Crippen molar-refractivity contribution in [3.05, 3.63) is 59.2 Å². The molecule has 2 N–H and O–H groups in total. The van der Waals surface area contributed by atoms with Crippen molar-refractivity contribution >= 4 is 28.2 Å². The van der Waals surface area contributed by atoms with Crippen LogP contribution < -0.4 is 5.32 Å². The topological polar surface area (TPSA) is 40.7 Å². The number of halogens is 1. The molecule has 1 aromatic heterocycles. The van der Waals surface area contributed by atoms with E-state index >= 15 is 0 Å². The molecule has 0 spiro atoms. The van der Waals surface area contributed by atoms with Gasteiger partial charge in [0.1, 0.15) is 0 Å². The van der Waals surface area contributed by atoms with Crippen molar-refractivity contribution in [3.63, 3.8) is 0 Å². The summed E-state index contributed by atoms with van der Waals surface area (Å²) in [4.78, 5) is 0. The van der Waals surface area contributed by atoms with Crippen LogP contribution in [0.3, 0.4) is 0 Å². The van der Waals surface area contributed by atoms with Gasteiger partial charge >= 0.3 is 0 Å². The minimum Gasteiger partial charge on any atom is -0.380 e. The summed E-state index contributed by atoms with van der Waals surface area (Å²) in [5.74, 6) is 0. The summed E-state index contributed by atoms with van der Waals surface area (Å²) in [6.07, 6.45) is 1.82. The van der Waals surface area contributed by atoms with E-state index in [-0.39, 0.29) is 0 Å². The molecule has 4 heteroatoms. The first-order chi connectivity index (χ1) is 8.84. The average molecular weight is 258 g/mol. The van der Waals surface area contributed by atoms with Crippen LogP contribution in [-0.4, -0.2) is 10.2 Å². The molecule has 0 saturated heterocycles. The van der Waals surface area contributed by atoms with Gasteiger partial charge in [0.25, 0.3) is 0 Å². The Kier molecular flexibility index (Phi) is 2.90. The molecule has 3 rings (SSSR count). The molecule has 3 nitrogen and oxygen atoms in total. The van der Waals surface area contributed by atoms with Crippen LogP contribution in [0.15, 0.2) is 48.7 Å². The minimum atomic E-state index is 0.698. The van der Waals surface area contributed by atoms with Crippen LogP contribution >= 0.6 is 11.6 Å². The summed E-state index contributed by atoms with van der Waals surface area (Å²) >= 11 is 6.13. The Morgan fingerprint density at radius 2 is 2.00 bits per heavy atom. The van der Waals surface area contributed by atoms with Gasteiger partial charge in [0.2, 0.25) is 0 Å². The number of hydrogen-bond donors (Lipinski definition) is 2. The lowest BCUT2D eigenvalue weighted by Gasteiger charge is -2.08. The lowest BCUT2D eigenvalue weighted by molar-refractivity contribution is 1.12. The number of aromatic nitrogens is 2. The second-order valence-electron chi connectivity index (χ2n) is 4.08. The number of anilines is 1. The van der Waals surface area contributed by atoms with Gasteiger partial charge < -0.3 is 5.32 Å². The summed E-state index contributed by atoms with van der Waals surface area (Å²) in [7, 11) is 0. The molecule has 18 heavy (non-hydrogen) atoms. The number of H-pyrrole nitrogens is 1. The molecule has 0 fully saturated rings. The van der Waals surface area contributed by atoms with E-state index in [1.54, 1.807) is 0 Å². The zero-order valence-corrected chi connectivity index (χ0v) is 10.4. The number of benzene rings is 2. The molecule has 3 aromatic rings. The van der Waals surface area contributed by atoms with Crippen LogP contribution in [-0.2, 0) is 6.54 Å². The molecule has 0 unspecified atom stereocenters. The third-order valence-corrected chi connectivity index (χ3v) is 3.28. The van der Waals surface area contributed by atoms with Gasteiger partial charge in [-0.05, 0) is 23.8 Å². The monoisotopic (exact) mass is 257 g/mol. The Morgan fingerprint density at radius 3 is 2.89 bits per heavy atom. The predicted molar refractivity (Wildman–Crippen MR) is 74.9 cm³/mol. The van der Waals surface area contributed by atoms with Crippen LogP contribution in [0.2, 0.25) is 5.02 Å². The molecule has 0 aliphatic rings.